The van der Waals surface area contributed by atoms with Crippen molar-refractivity contribution in [1.82, 2.24) is 4.98 Å². The van der Waals surface area contributed by atoms with Crippen LogP contribution in [0.5, 0.6) is 0 Å². The molecule has 0 bridgehead atoms. The standard InChI is InChI=1S/C13H23N3/c1-5-8-16(10(2)3)13-7-6-12(9-15-13)11(4)14/h6-7,9-11H,5,8,14H2,1-4H3. The largest absolute Gasteiger partial charge is 0.354 e. The van der Waals surface area contributed by atoms with Crippen molar-refractivity contribution in [2.24, 2.45) is 5.73 Å². The lowest BCUT2D eigenvalue weighted by atomic mass is 10.1. The van der Waals surface area contributed by atoms with Gasteiger partial charge in [-0.15, -0.1) is 0 Å². The number of nitrogens with two attached hydrogens (primary N) is 1. The molecule has 16 heavy (non-hydrogen) atoms. The van der Waals surface area contributed by atoms with Crippen molar-refractivity contribution in [3.8, 4) is 0 Å². The first-order chi connectivity index (χ1) is 7.56. The summed E-state index contributed by atoms with van der Waals surface area (Å²) in [6.07, 6.45) is 3.01. The molecular formula is C13H23N3. The van der Waals surface area contributed by atoms with Crippen LogP contribution < -0.4 is 10.6 Å². The third-order valence-corrected chi connectivity index (χ3v) is 2.68. The van der Waals surface area contributed by atoms with Crippen molar-refractivity contribution in [1.29, 1.82) is 0 Å². The number of anilines is 1. The maximum atomic E-state index is 5.80. The van der Waals surface area contributed by atoms with E-state index < -0.39 is 0 Å². The highest BCUT2D eigenvalue weighted by atomic mass is 15.2. The smallest absolute Gasteiger partial charge is 0.128 e. The van der Waals surface area contributed by atoms with Crippen LogP contribution in [0.1, 0.15) is 45.7 Å². The molecule has 0 spiro atoms. The van der Waals surface area contributed by atoms with E-state index in [0.29, 0.717) is 6.04 Å². The van der Waals surface area contributed by atoms with Crippen LogP contribution in [-0.2, 0) is 0 Å². The molecule has 2 N–H and O–H groups in total. The van der Waals surface area contributed by atoms with Crippen LogP contribution in [0.4, 0.5) is 5.82 Å². The fourth-order valence-electron chi connectivity index (χ4n) is 1.71. The highest BCUT2D eigenvalue weighted by Gasteiger charge is 2.10. The van der Waals surface area contributed by atoms with Crippen LogP contribution in [-0.4, -0.2) is 17.6 Å². The normalized spacial score (nSPS) is 12.9. The van der Waals surface area contributed by atoms with E-state index in [0.717, 1.165) is 24.3 Å². The van der Waals surface area contributed by atoms with Gasteiger partial charge in [0, 0.05) is 24.8 Å². The molecule has 0 aromatic carbocycles. The zero-order chi connectivity index (χ0) is 12.1. The quantitative estimate of drug-likeness (QED) is 0.831. The first-order valence-electron chi connectivity index (χ1n) is 6.04. The zero-order valence-corrected chi connectivity index (χ0v) is 10.8. The molecule has 0 radical (unpaired) electrons. The minimum Gasteiger partial charge on any atom is -0.354 e. The Kier molecular flexibility index (Phi) is 4.74. The lowest BCUT2D eigenvalue weighted by Gasteiger charge is -2.27. The molecular weight excluding hydrogens is 198 g/mol. The Morgan fingerprint density at radius 1 is 1.31 bits per heavy atom. The summed E-state index contributed by atoms with van der Waals surface area (Å²) < 4.78 is 0. The Labute approximate surface area is 98.7 Å². The molecule has 1 heterocycles. The number of aromatic nitrogens is 1. The molecule has 1 atom stereocenters. The average Bonchev–Trinajstić information content (AvgIpc) is 2.25. The molecule has 0 aliphatic carbocycles. The SMILES string of the molecule is CCCN(c1ccc(C(C)N)cn1)C(C)C. The molecule has 1 aromatic rings. The van der Waals surface area contributed by atoms with E-state index in [9.17, 15) is 0 Å². The Hall–Kier alpha value is -1.09. The van der Waals surface area contributed by atoms with Gasteiger partial charge in [0.2, 0.25) is 0 Å². The van der Waals surface area contributed by atoms with Gasteiger partial charge in [-0.3, -0.25) is 0 Å². The van der Waals surface area contributed by atoms with Gasteiger partial charge in [0.15, 0.2) is 0 Å². The van der Waals surface area contributed by atoms with Crippen LogP contribution in [0.2, 0.25) is 0 Å². The summed E-state index contributed by atoms with van der Waals surface area (Å²) in [5.41, 5.74) is 6.89. The molecule has 3 heteroatoms. The summed E-state index contributed by atoms with van der Waals surface area (Å²) in [5.74, 6) is 1.04. The fraction of sp³-hybridized carbons (Fsp3) is 0.615. The van der Waals surface area contributed by atoms with E-state index in [-0.39, 0.29) is 6.04 Å². The van der Waals surface area contributed by atoms with Gasteiger partial charge in [-0.25, -0.2) is 4.98 Å². The lowest BCUT2D eigenvalue weighted by Crippen LogP contribution is -2.32. The molecule has 3 nitrogen and oxygen atoms in total. The molecule has 0 fully saturated rings. The van der Waals surface area contributed by atoms with Crippen LogP contribution in [0.3, 0.4) is 0 Å². The molecule has 1 unspecified atom stereocenters. The molecule has 90 valence electrons. The van der Waals surface area contributed by atoms with Gasteiger partial charge in [-0.2, -0.15) is 0 Å². The first kappa shape index (κ1) is 13.0. The van der Waals surface area contributed by atoms with Gasteiger partial charge in [-0.05, 0) is 38.8 Å². The van der Waals surface area contributed by atoms with Crippen molar-refractivity contribution in [3.63, 3.8) is 0 Å². The van der Waals surface area contributed by atoms with E-state index in [1.54, 1.807) is 0 Å². The van der Waals surface area contributed by atoms with E-state index in [4.69, 9.17) is 5.73 Å². The van der Waals surface area contributed by atoms with Gasteiger partial charge in [-0.1, -0.05) is 13.0 Å². The Morgan fingerprint density at radius 3 is 2.38 bits per heavy atom. The van der Waals surface area contributed by atoms with E-state index >= 15 is 0 Å². The Balaban J connectivity index is 2.85. The summed E-state index contributed by atoms with van der Waals surface area (Å²) in [7, 11) is 0. The monoisotopic (exact) mass is 221 g/mol. The number of pyridine rings is 1. The molecule has 0 saturated carbocycles. The maximum absolute atomic E-state index is 5.80. The third kappa shape index (κ3) is 3.20. The number of hydrogen-bond acceptors (Lipinski definition) is 3. The van der Waals surface area contributed by atoms with Crippen molar-refractivity contribution in [3.05, 3.63) is 23.9 Å². The highest BCUT2D eigenvalue weighted by molar-refractivity contribution is 5.40. The minimum absolute atomic E-state index is 0.0558. The highest BCUT2D eigenvalue weighted by Crippen LogP contribution is 2.17. The molecule has 0 amide bonds. The summed E-state index contributed by atoms with van der Waals surface area (Å²) in [6, 6.07) is 4.67. The van der Waals surface area contributed by atoms with E-state index in [1.165, 1.54) is 0 Å². The summed E-state index contributed by atoms with van der Waals surface area (Å²) in [4.78, 5) is 6.80. The molecule has 1 aromatic heterocycles. The first-order valence-corrected chi connectivity index (χ1v) is 6.04. The molecule has 0 saturated heterocycles. The third-order valence-electron chi connectivity index (χ3n) is 2.68. The Bertz CT molecular complexity index is 303. The van der Waals surface area contributed by atoms with Crippen LogP contribution in [0, 0.1) is 0 Å². The maximum Gasteiger partial charge on any atom is 0.128 e. The van der Waals surface area contributed by atoms with Crippen molar-refractivity contribution < 1.29 is 0 Å². The Morgan fingerprint density at radius 2 is 2.00 bits per heavy atom. The van der Waals surface area contributed by atoms with Crippen LogP contribution in [0.15, 0.2) is 18.3 Å². The number of hydrogen-bond donors (Lipinski definition) is 1. The second kappa shape index (κ2) is 5.85. The van der Waals surface area contributed by atoms with Crippen molar-refractivity contribution in [2.45, 2.75) is 46.2 Å². The minimum atomic E-state index is 0.0558. The van der Waals surface area contributed by atoms with Gasteiger partial charge < -0.3 is 10.6 Å². The second-order valence-electron chi connectivity index (χ2n) is 4.53. The molecule has 1 rings (SSSR count). The van der Waals surface area contributed by atoms with E-state index in [2.05, 4.69) is 42.8 Å². The van der Waals surface area contributed by atoms with Gasteiger partial charge >= 0.3 is 0 Å². The van der Waals surface area contributed by atoms with Crippen molar-refractivity contribution in [2.75, 3.05) is 11.4 Å². The van der Waals surface area contributed by atoms with Gasteiger partial charge in [0.25, 0.3) is 0 Å². The topological polar surface area (TPSA) is 42.1 Å². The number of rotatable bonds is 5. The molecule has 0 aliphatic heterocycles. The predicted molar refractivity (Wildman–Crippen MR) is 69.6 cm³/mol. The zero-order valence-electron chi connectivity index (χ0n) is 10.8. The molecule has 0 aliphatic rings. The van der Waals surface area contributed by atoms with Gasteiger partial charge in [0.1, 0.15) is 5.82 Å². The lowest BCUT2D eigenvalue weighted by molar-refractivity contribution is 0.661. The number of nitrogens with zero attached hydrogens (tertiary/aromatic N) is 2. The summed E-state index contributed by atoms with van der Waals surface area (Å²) in [6.45, 7) is 9.59. The van der Waals surface area contributed by atoms with Gasteiger partial charge in [0.05, 0.1) is 0 Å². The predicted octanol–water partition coefficient (Wildman–Crippen LogP) is 2.73. The average molecular weight is 221 g/mol. The summed E-state index contributed by atoms with van der Waals surface area (Å²) in [5, 5.41) is 0. The van der Waals surface area contributed by atoms with Crippen molar-refractivity contribution >= 4 is 5.82 Å². The van der Waals surface area contributed by atoms with Crippen LogP contribution >= 0.6 is 0 Å². The fourth-order valence-corrected chi connectivity index (χ4v) is 1.71. The van der Waals surface area contributed by atoms with Crippen LogP contribution in [0.25, 0.3) is 0 Å². The summed E-state index contributed by atoms with van der Waals surface area (Å²) >= 11 is 0. The second-order valence-corrected chi connectivity index (χ2v) is 4.53. The van der Waals surface area contributed by atoms with E-state index in [1.807, 2.05) is 13.1 Å².